The van der Waals surface area contributed by atoms with E-state index in [2.05, 4.69) is 5.32 Å². The number of fused-ring (bicyclic) bond motifs is 1. The second-order valence-electron chi connectivity index (χ2n) is 7.51. The molecule has 6 nitrogen and oxygen atoms in total. The summed E-state index contributed by atoms with van der Waals surface area (Å²) in [6.45, 7) is 5.09. The maximum Gasteiger partial charge on any atom is 0.308 e. The maximum absolute atomic E-state index is 13.5. The van der Waals surface area contributed by atoms with Gasteiger partial charge in [-0.15, -0.1) is 0 Å². The van der Waals surface area contributed by atoms with E-state index in [1.54, 1.807) is 30.3 Å². The van der Waals surface area contributed by atoms with Crippen molar-refractivity contribution in [3.63, 3.8) is 0 Å². The lowest BCUT2D eigenvalue weighted by Gasteiger charge is -2.24. The molecule has 0 saturated carbocycles. The van der Waals surface area contributed by atoms with E-state index in [1.165, 1.54) is 26.2 Å². The summed E-state index contributed by atoms with van der Waals surface area (Å²) in [5.74, 6) is -0.0957. The lowest BCUT2D eigenvalue weighted by atomic mass is 9.92. The van der Waals surface area contributed by atoms with E-state index >= 15 is 0 Å². The monoisotopic (exact) mass is 409 g/mol. The zero-order valence-electron chi connectivity index (χ0n) is 17.0. The summed E-state index contributed by atoms with van der Waals surface area (Å²) in [4.78, 5) is 23.9. The van der Waals surface area contributed by atoms with Crippen LogP contribution < -0.4 is 14.8 Å². The van der Waals surface area contributed by atoms with Crippen LogP contribution in [-0.2, 0) is 14.3 Å². The lowest BCUT2D eigenvalue weighted by molar-refractivity contribution is -0.132. The Hall–Kier alpha value is -3.61. The molecule has 0 fully saturated rings. The first-order valence-electron chi connectivity index (χ1n) is 9.33. The standard InChI is InChI=1S/C23H20FNO5/c1-12(26)29-18-8-5-13(9-19(18)28-4)16-11-20(30-23(16,2)3)21-15-7-6-14(24)10-17(15)25-22(21)27/h5-11H,1-4H3,(H,25,27)/b21-20+. The van der Waals surface area contributed by atoms with Gasteiger partial charge in [-0.1, -0.05) is 6.07 Å². The van der Waals surface area contributed by atoms with Crippen molar-refractivity contribution in [1.29, 1.82) is 0 Å². The van der Waals surface area contributed by atoms with E-state index in [9.17, 15) is 14.0 Å². The summed E-state index contributed by atoms with van der Waals surface area (Å²) < 4.78 is 30.2. The molecule has 0 atom stereocenters. The summed E-state index contributed by atoms with van der Waals surface area (Å²) >= 11 is 0. The average molecular weight is 409 g/mol. The molecule has 0 bridgehead atoms. The molecular formula is C23H20FNO5. The minimum absolute atomic E-state index is 0.316. The third kappa shape index (κ3) is 3.32. The molecule has 2 heterocycles. The minimum atomic E-state index is -0.737. The van der Waals surface area contributed by atoms with Gasteiger partial charge in [0, 0.05) is 18.1 Å². The highest BCUT2D eigenvalue weighted by Crippen LogP contribution is 2.45. The van der Waals surface area contributed by atoms with Crippen LogP contribution in [0, 0.1) is 5.82 Å². The van der Waals surface area contributed by atoms with E-state index < -0.39 is 17.4 Å². The molecule has 2 aliphatic rings. The normalized spacial score (nSPS) is 19.0. The number of benzene rings is 2. The Kier molecular flexibility index (Phi) is 4.61. The number of halogens is 1. The second-order valence-corrected chi connectivity index (χ2v) is 7.51. The number of hydrogen-bond acceptors (Lipinski definition) is 5. The summed E-state index contributed by atoms with van der Waals surface area (Å²) in [5.41, 5.74) is 2.24. The number of anilines is 1. The van der Waals surface area contributed by atoms with E-state index in [1.807, 2.05) is 13.8 Å². The van der Waals surface area contributed by atoms with Crippen LogP contribution in [0.4, 0.5) is 10.1 Å². The predicted molar refractivity (Wildman–Crippen MR) is 109 cm³/mol. The summed E-state index contributed by atoms with van der Waals surface area (Å²) in [7, 11) is 1.49. The Morgan fingerprint density at radius 1 is 1.13 bits per heavy atom. The van der Waals surface area contributed by atoms with Gasteiger partial charge in [0.25, 0.3) is 5.91 Å². The highest BCUT2D eigenvalue weighted by Gasteiger charge is 2.38. The van der Waals surface area contributed by atoms with Gasteiger partial charge in [-0.25, -0.2) is 4.39 Å². The number of methoxy groups -OCH3 is 1. The number of amides is 1. The van der Waals surface area contributed by atoms with Crippen LogP contribution in [0.2, 0.25) is 0 Å². The van der Waals surface area contributed by atoms with Crippen LogP contribution in [0.1, 0.15) is 31.9 Å². The van der Waals surface area contributed by atoms with Crippen molar-refractivity contribution in [1.82, 2.24) is 0 Å². The number of nitrogens with one attached hydrogen (secondary N) is 1. The quantitative estimate of drug-likeness (QED) is 0.464. The highest BCUT2D eigenvalue weighted by molar-refractivity contribution is 6.32. The molecule has 1 N–H and O–H groups in total. The molecule has 1 amide bonds. The smallest absolute Gasteiger partial charge is 0.308 e. The summed E-state index contributed by atoms with van der Waals surface area (Å²) in [6, 6.07) is 9.35. The fourth-order valence-electron chi connectivity index (χ4n) is 3.68. The molecular weight excluding hydrogens is 389 g/mol. The van der Waals surface area contributed by atoms with Crippen molar-refractivity contribution in [3.8, 4) is 11.5 Å². The lowest BCUT2D eigenvalue weighted by Crippen LogP contribution is -2.21. The molecule has 4 rings (SSSR count). The Morgan fingerprint density at radius 2 is 1.90 bits per heavy atom. The van der Waals surface area contributed by atoms with Gasteiger partial charge in [0.05, 0.1) is 18.4 Å². The molecule has 0 aromatic heterocycles. The summed E-state index contributed by atoms with van der Waals surface area (Å²) in [6.07, 6.45) is 1.80. The maximum atomic E-state index is 13.5. The number of ether oxygens (including phenoxy) is 3. The zero-order chi connectivity index (χ0) is 21.6. The van der Waals surface area contributed by atoms with Gasteiger partial charge < -0.3 is 19.5 Å². The molecule has 154 valence electrons. The van der Waals surface area contributed by atoms with Crippen molar-refractivity contribution >= 4 is 28.7 Å². The van der Waals surface area contributed by atoms with Crippen molar-refractivity contribution in [2.75, 3.05) is 12.4 Å². The molecule has 0 radical (unpaired) electrons. The van der Waals surface area contributed by atoms with Crippen LogP contribution in [0.5, 0.6) is 11.5 Å². The molecule has 2 aromatic carbocycles. The van der Waals surface area contributed by atoms with Gasteiger partial charge in [0.15, 0.2) is 11.5 Å². The third-order valence-electron chi connectivity index (χ3n) is 4.99. The number of allylic oxidation sites excluding steroid dienone is 1. The number of rotatable bonds is 3. The van der Waals surface area contributed by atoms with E-state index in [0.29, 0.717) is 34.1 Å². The minimum Gasteiger partial charge on any atom is -0.493 e. The van der Waals surface area contributed by atoms with Crippen molar-refractivity contribution < 1.29 is 28.2 Å². The number of carbonyl (C=O) groups excluding carboxylic acids is 2. The number of esters is 1. The summed E-state index contributed by atoms with van der Waals surface area (Å²) in [5, 5.41) is 2.68. The SMILES string of the molecule is COc1cc(C2=C/C(=C3\C(=O)Nc4cc(F)ccc43)OC2(C)C)ccc1OC(C)=O. The molecule has 0 unspecified atom stereocenters. The Bertz CT molecular complexity index is 1150. The average Bonchev–Trinajstić information content (AvgIpc) is 3.15. The van der Waals surface area contributed by atoms with E-state index in [4.69, 9.17) is 14.2 Å². The molecule has 30 heavy (non-hydrogen) atoms. The van der Waals surface area contributed by atoms with Gasteiger partial charge in [-0.2, -0.15) is 0 Å². The predicted octanol–water partition coefficient (Wildman–Crippen LogP) is 4.32. The first-order valence-corrected chi connectivity index (χ1v) is 9.33. The first kappa shape index (κ1) is 19.7. The fraction of sp³-hybridized carbons (Fsp3) is 0.217. The van der Waals surface area contributed by atoms with Crippen molar-refractivity contribution in [2.45, 2.75) is 26.4 Å². The molecule has 0 spiro atoms. The fourth-order valence-corrected chi connectivity index (χ4v) is 3.68. The molecule has 0 saturated heterocycles. The van der Waals surface area contributed by atoms with Gasteiger partial charge in [-0.05, 0) is 55.8 Å². The van der Waals surface area contributed by atoms with Crippen molar-refractivity contribution in [3.05, 3.63) is 65.2 Å². The largest absolute Gasteiger partial charge is 0.493 e. The van der Waals surface area contributed by atoms with Crippen LogP contribution in [0.15, 0.2) is 48.2 Å². The Labute approximate surface area is 172 Å². The van der Waals surface area contributed by atoms with Crippen LogP contribution in [-0.4, -0.2) is 24.6 Å². The Balaban J connectivity index is 1.81. The molecule has 2 aliphatic heterocycles. The highest BCUT2D eigenvalue weighted by atomic mass is 19.1. The number of hydrogen-bond donors (Lipinski definition) is 1. The van der Waals surface area contributed by atoms with E-state index in [0.717, 1.165) is 11.1 Å². The van der Waals surface area contributed by atoms with Gasteiger partial charge in [0.2, 0.25) is 0 Å². The zero-order valence-corrected chi connectivity index (χ0v) is 17.0. The molecule has 0 aliphatic carbocycles. The van der Waals surface area contributed by atoms with Crippen molar-refractivity contribution in [2.24, 2.45) is 0 Å². The molecule has 7 heteroatoms. The topological polar surface area (TPSA) is 73.9 Å². The van der Waals surface area contributed by atoms with Gasteiger partial charge in [0.1, 0.15) is 17.2 Å². The van der Waals surface area contributed by atoms with Gasteiger partial charge >= 0.3 is 5.97 Å². The third-order valence-corrected chi connectivity index (χ3v) is 4.99. The van der Waals surface area contributed by atoms with Crippen LogP contribution >= 0.6 is 0 Å². The number of carbonyl (C=O) groups is 2. The van der Waals surface area contributed by atoms with Gasteiger partial charge in [-0.3, -0.25) is 9.59 Å². The second kappa shape index (κ2) is 7.02. The first-order chi connectivity index (χ1) is 14.2. The molecule has 2 aromatic rings. The Morgan fingerprint density at radius 3 is 2.60 bits per heavy atom. The van der Waals surface area contributed by atoms with E-state index in [-0.39, 0.29) is 5.91 Å². The van der Waals surface area contributed by atoms with Crippen LogP contribution in [0.25, 0.3) is 11.1 Å². The van der Waals surface area contributed by atoms with Crippen LogP contribution in [0.3, 0.4) is 0 Å².